The number of amides is 1. The van der Waals surface area contributed by atoms with Crippen LogP contribution in [0.15, 0.2) is 97.5 Å². The molecule has 34 heavy (non-hydrogen) atoms. The molecule has 0 saturated heterocycles. The average Bonchev–Trinajstić information content (AvgIpc) is 3.15. The van der Waals surface area contributed by atoms with Gasteiger partial charge in [0.1, 0.15) is 5.75 Å². The van der Waals surface area contributed by atoms with Gasteiger partial charge in [-0.25, -0.2) is 9.97 Å². The van der Waals surface area contributed by atoms with Gasteiger partial charge in [0.2, 0.25) is 5.91 Å². The van der Waals surface area contributed by atoms with Crippen LogP contribution in [-0.4, -0.2) is 20.4 Å². The molecule has 0 bridgehead atoms. The van der Waals surface area contributed by atoms with Gasteiger partial charge in [0.05, 0.1) is 11.2 Å². The van der Waals surface area contributed by atoms with Gasteiger partial charge in [-0.05, 0) is 47.0 Å². The first kappa shape index (κ1) is 20.2. The molecule has 0 radical (unpaired) electrons. The van der Waals surface area contributed by atoms with Gasteiger partial charge in [0.25, 0.3) is 0 Å². The molecule has 3 heterocycles. The number of hydrogen-bond acceptors (Lipinski definition) is 4. The molecule has 3 aromatic carbocycles. The van der Waals surface area contributed by atoms with E-state index >= 15 is 0 Å². The van der Waals surface area contributed by atoms with E-state index < -0.39 is 0 Å². The zero-order valence-corrected chi connectivity index (χ0v) is 18.4. The molecule has 6 heteroatoms. The number of carbonyl (C=O) groups excluding carboxylic acids is 1. The van der Waals surface area contributed by atoms with E-state index in [1.165, 1.54) is 5.56 Å². The van der Waals surface area contributed by atoms with Gasteiger partial charge in [-0.2, -0.15) is 0 Å². The Morgan fingerprint density at radius 3 is 2.62 bits per heavy atom. The molecule has 0 unspecified atom stereocenters. The first-order valence-corrected chi connectivity index (χ1v) is 11.2. The molecule has 1 N–H and O–H groups in total. The summed E-state index contributed by atoms with van der Waals surface area (Å²) in [6.45, 7) is 0.760. The summed E-state index contributed by atoms with van der Waals surface area (Å²) in [5, 5.41) is 4.20. The molecule has 0 spiro atoms. The predicted octanol–water partition coefficient (Wildman–Crippen LogP) is 5.75. The zero-order chi connectivity index (χ0) is 22.9. The van der Waals surface area contributed by atoms with Gasteiger partial charge in [-0.15, -0.1) is 0 Å². The molecule has 1 atom stereocenters. The summed E-state index contributed by atoms with van der Waals surface area (Å²) in [6, 6.07) is 26.4. The van der Waals surface area contributed by atoms with Gasteiger partial charge in [0.15, 0.2) is 0 Å². The third kappa shape index (κ3) is 3.79. The first-order chi connectivity index (χ1) is 16.7. The second-order valence-electron chi connectivity index (χ2n) is 8.41. The fraction of sp³-hybridized carbons (Fsp3) is 0.107. The normalized spacial score (nSPS) is 15.1. The van der Waals surface area contributed by atoms with E-state index in [-0.39, 0.29) is 11.8 Å². The van der Waals surface area contributed by atoms with Crippen LogP contribution in [0.1, 0.15) is 29.0 Å². The lowest BCUT2D eigenvalue weighted by molar-refractivity contribution is -0.116. The average molecular weight is 447 g/mol. The SMILES string of the molecule is O=C1C[C@@H](c2cccc(Oc3ncccn3)c2)c2cn(Cc3ccccc3)c3cccc(c23)N1. The summed E-state index contributed by atoms with van der Waals surface area (Å²) in [5.41, 5.74) is 5.34. The van der Waals surface area contributed by atoms with Crippen molar-refractivity contribution in [3.8, 4) is 11.8 Å². The third-order valence-electron chi connectivity index (χ3n) is 6.18. The highest BCUT2D eigenvalue weighted by molar-refractivity contribution is 6.06. The van der Waals surface area contributed by atoms with Crippen molar-refractivity contribution in [2.75, 3.05) is 5.32 Å². The van der Waals surface area contributed by atoms with E-state index in [9.17, 15) is 4.79 Å². The smallest absolute Gasteiger partial charge is 0.321 e. The van der Waals surface area contributed by atoms with Crippen LogP contribution >= 0.6 is 0 Å². The van der Waals surface area contributed by atoms with E-state index in [1.807, 2.05) is 42.5 Å². The molecular weight excluding hydrogens is 424 g/mol. The van der Waals surface area contributed by atoms with Crippen LogP contribution in [-0.2, 0) is 11.3 Å². The zero-order valence-electron chi connectivity index (χ0n) is 18.4. The van der Waals surface area contributed by atoms with Crippen LogP contribution in [0.5, 0.6) is 11.8 Å². The minimum Gasteiger partial charge on any atom is -0.424 e. The molecule has 0 aliphatic carbocycles. The molecule has 5 aromatic rings. The Hall–Kier alpha value is -4.45. The topological polar surface area (TPSA) is 69.0 Å². The fourth-order valence-electron chi connectivity index (χ4n) is 4.70. The Balaban J connectivity index is 1.44. The van der Waals surface area contributed by atoms with E-state index in [2.05, 4.69) is 56.4 Å². The highest BCUT2D eigenvalue weighted by Gasteiger charge is 2.28. The number of benzene rings is 3. The van der Waals surface area contributed by atoms with E-state index in [1.54, 1.807) is 18.5 Å². The van der Waals surface area contributed by atoms with Crippen molar-refractivity contribution in [3.05, 3.63) is 114 Å². The van der Waals surface area contributed by atoms with Crippen molar-refractivity contribution < 1.29 is 9.53 Å². The van der Waals surface area contributed by atoms with Gasteiger partial charge in [0, 0.05) is 42.9 Å². The molecule has 6 rings (SSSR count). The maximum Gasteiger partial charge on any atom is 0.321 e. The quantitative estimate of drug-likeness (QED) is 0.373. The number of carbonyl (C=O) groups is 1. The summed E-state index contributed by atoms with van der Waals surface area (Å²) >= 11 is 0. The lowest BCUT2D eigenvalue weighted by Gasteiger charge is -2.15. The molecule has 1 aliphatic heterocycles. The van der Waals surface area contributed by atoms with Gasteiger partial charge < -0.3 is 14.6 Å². The van der Waals surface area contributed by atoms with Gasteiger partial charge >= 0.3 is 6.01 Å². The largest absolute Gasteiger partial charge is 0.424 e. The van der Waals surface area contributed by atoms with Crippen LogP contribution in [0.3, 0.4) is 0 Å². The predicted molar refractivity (Wildman–Crippen MR) is 131 cm³/mol. The molecule has 0 fully saturated rings. The number of anilines is 1. The van der Waals surface area contributed by atoms with E-state index in [0.717, 1.165) is 34.3 Å². The highest BCUT2D eigenvalue weighted by Crippen LogP contribution is 2.41. The Labute approximate surface area is 196 Å². The molecule has 1 aliphatic rings. The minimum atomic E-state index is -0.108. The highest BCUT2D eigenvalue weighted by atomic mass is 16.5. The lowest BCUT2D eigenvalue weighted by Crippen LogP contribution is -2.14. The fourth-order valence-corrected chi connectivity index (χ4v) is 4.70. The van der Waals surface area contributed by atoms with Crippen molar-refractivity contribution in [1.29, 1.82) is 0 Å². The first-order valence-electron chi connectivity index (χ1n) is 11.2. The Kier molecular flexibility index (Phi) is 5.03. The molecule has 0 saturated carbocycles. The van der Waals surface area contributed by atoms with E-state index in [4.69, 9.17) is 4.74 Å². The van der Waals surface area contributed by atoms with Crippen molar-refractivity contribution in [1.82, 2.24) is 14.5 Å². The summed E-state index contributed by atoms with van der Waals surface area (Å²) in [7, 11) is 0. The Morgan fingerprint density at radius 2 is 1.76 bits per heavy atom. The summed E-state index contributed by atoms with van der Waals surface area (Å²) in [5.74, 6) is 0.533. The number of nitrogens with one attached hydrogen (secondary N) is 1. The van der Waals surface area contributed by atoms with Crippen molar-refractivity contribution in [2.45, 2.75) is 18.9 Å². The maximum atomic E-state index is 12.9. The number of hydrogen-bond donors (Lipinski definition) is 1. The lowest BCUT2D eigenvalue weighted by atomic mass is 9.88. The van der Waals surface area contributed by atoms with Crippen molar-refractivity contribution in [3.63, 3.8) is 0 Å². The molecular formula is C28H22N4O2. The van der Waals surface area contributed by atoms with Crippen LogP contribution in [0.25, 0.3) is 10.9 Å². The third-order valence-corrected chi connectivity index (χ3v) is 6.18. The maximum absolute atomic E-state index is 12.9. The van der Waals surface area contributed by atoms with E-state index in [0.29, 0.717) is 18.2 Å². The Morgan fingerprint density at radius 1 is 0.941 bits per heavy atom. The minimum absolute atomic E-state index is 0.000948. The standard InChI is InChI=1S/C28H22N4O2/c33-26-16-22(20-9-4-10-21(15-20)34-28-29-13-6-14-30-28)23-18-32(17-19-7-2-1-3-8-19)25-12-5-11-24(31-26)27(23)25/h1-15,18,22H,16-17H2,(H,31,33)/t22-/m0/s1. The number of nitrogens with zero attached hydrogens (tertiary/aromatic N) is 3. The van der Waals surface area contributed by atoms with Crippen LogP contribution in [0.2, 0.25) is 0 Å². The van der Waals surface area contributed by atoms with Crippen LogP contribution < -0.4 is 10.1 Å². The number of rotatable bonds is 5. The summed E-state index contributed by atoms with van der Waals surface area (Å²) < 4.78 is 8.14. The summed E-state index contributed by atoms with van der Waals surface area (Å²) in [6.07, 6.45) is 5.83. The number of aromatic nitrogens is 3. The van der Waals surface area contributed by atoms with Crippen molar-refractivity contribution in [2.24, 2.45) is 0 Å². The second-order valence-corrected chi connectivity index (χ2v) is 8.41. The molecule has 6 nitrogen and oxygen atoms in total. The molecule has 166 valence electrons. The Bertz CT molecular complexity index is 1480. The van der Waals surface area contributed by atoms with Gasteiger partial charge in [-0.1, -0.05) is 48.5 Å². The second kappa shape index (κ2) is 8.48. The van der Waals surface area contributed by atoms with Crippen LogP contribution in [0.4, 0.5) is 5.69 Å². The van der Waals surface area contributed by atoms with Crippen LogP contribution in [0, 0.1) is 0 Å². The monoisotopic (exact) mass is 446 g/mol. The summed E-state index contributed by atoms with van der Waals surface area (Å²) in [4.78, 5) is 21.1. The molecule has 2 aromatic heterocycles. The molecule has 1 amide bonds. The number of ether oxygens (including phenoxy) is 1. The van der Waals surface area contributed by atoms with Crippen molar-refractivity contribution >= 4 is 22.5 Å². The van der Waals surface area contributed by atoms with Gasteiger partial charge in [-0.3, -0.25) is 4.79 Å².